The molecule has 2 aromatic heterocycles. The van der Waals surface area contributed by atoms with Crippen LogP contribution in [0.5, 0.6) is 0 Å². The Labute approximate surface area is 149 Å². The second-order valence-corrected chi connectivity index (χ2v) is 7.31. The van der Waals surface area contributed by atoms with E-state index in [0.717, 1.165) is 16.8 Å². The summed E-state index contributed by atoms with van der Waals surface area (Å²) in [7, 11) is 0. The molecule has 25 heavy (non-hydrogen) atoms. The van der Waals surface area contributed by atoms with Gasteiger partial charge in [0, 0.05) is 0 Å². The quantitative estimate of drug-likeness (QED) is 0.511. The molecule has 0 aliphatic heterocycles. The Morgan fingerprint density at radius 2 is 1.84 bits per heavy atom. The third-order valence-corrected chi connectivity index (χ3v) is 4.85. The monoisotopic (exact) mass is 351 g/mol. The molecule has 4 rings (SSSR count). The molecule has 0 fully saturated rings. The van der Waals surface area contributed by atoms with Gasteiger partial charge in [-0.25, -0.2) is 4.98 Å². The van der Waals surface area contributed by atoms with Crippen LogP contribution < -0.4 is 0 Å². The van der Waals surface area contributed by atoms with Gasteiger partial charge in [0.1, 0.15) is 5.52 Å². The number of aromatic nitrogens is 5. The minimum Gasteiger partial charge on any atom is -0.439 e. The predicted octanol–water partition coefficient (Wildman–Crippen LogP) is 4.27. The number of para-hydroxylation sites is 2. The molecule has 2 heterocycles. The summed E-state index contributed by atoms with van der Waals surface area (Å²) < 4.78 is 7.61. The van der Waals surface area contributed by atoms with E-state index in [9.17, 15) is 0 Å². The molecule has 0 N–H and O–H groups in total. The van der Waals surface area contributed by atoms with E-state index in [2.05, 4.69) is 52.6 Å². The van der Waals surface area contributed by atoms with Gasteiger partial charge in [0.25, 0.3) is 0 Å². The maximum absolute atomic E-state index is 5.85. The number of fused-ring (bicyclic) bond motifs is 1. The molecule has 0 radical (unpaired) electrons. The van der Waals surface area contributed by atoms with Crippen LogP contribution in [0.4, 0.5) is 0 Å². The Morgan fingerprint density at radius 1 is 1.08 bits per heavy atom. The van der Waals surface area contributed by atoms with Crippen LogP contribution in [-0.2, 0) is 0 Å². The van der Waals surface area contributed by atoms with Gasteiger partial charge in [0.05, 0.1) is 10.9 Å². The number of rotatable bonds is 4. The Balaban J connectivity index is 1.64. The second kappa shape index (κ2) is 6.33. The topological polar surface area (TPSA) is 69.6 Å². The number of thioether (sulfide) groups is 1. The van der Waals surface area contributed by atoms with Crippen molar-refractivity contribution in [1.82, 2.24) is 25.2 Å². The molecule has 2 aromatic carbocycles. The van der Waals surface area contributed by atoms with Crippen molar-refractivity contribution < 1.29 is 4.42 Å². The average Bonchev–Trinajstić information content (AvgIpc) is 3.20. The Kier molecular flexibility index (Phi) is 4.01. The fraction of sp³-hybridized carbons (Fsp3) is 0.222. The fourth-order valence-corrected chi connectivity index (χ4v) is 3.60. The lowest BCUT2D eigenvalue weighted by atomic mass is 10.1. The summed E-state index contributed by atoms with van der Waals surface area (Å²) in [6.07, 6.45) is 0. The minimum absolute atomic E-state index is 0.0111. The molecule has 7 heteroatoms. The van der Waals surface area contributed by atoms with E-state index in [1.54, 1.807) is 4.68 Å². The molecule has 1 unspecified atom stereocenters. The molecule has 0 aliphatic rings. The van der Waals surface area contributed by atoms with E-state index < -0.39 is 0 Å². The number of hydrogen-bond donors (Lipinski definition) is 0. The number of oxazole rings is 1. The molecular formula is C18H17N5OS. The SMILES string of the molecule is Cc1cc(C)cc(-n2nnnc2SC(C)c2nc3ccccc3o2)c1. The summed E-state index contributed by atoms with van der Waals surface area (Å²) in [4.78, 5) is 4.56. The molecule has 0 aliphatic carbocycles. The lowest BCUT2D eigenvalue weighted by Crippen LogP contribution is -2.01. The van der Waals surface area contributed by atoms with Gasteiger partial charge < -0.3 is 4.42 Å². The molecule has 0 amide bonds. The molecule has 6 nitrogen and oxygen atoms in total. The Hall–Kier alpha value is -2.67. The van der Waals surface area contributed by atoms with Crippen molar-refractivity contribution in [2.75, 3.05) is 0 Å². The van der Waals surface area contributed by atoms with E-state index in [1.807, 2.05) is 31.2 Å². The summed E-state index contributed by atoms with van der Waals surface area (Å²) in [6, 6.07) is 14.0. The first-order chi connectivity index (χ1) is 12.1. The number of benzene rings is 2. The fourth-order valence-electron chi connectivity index (χ4n) is 2.76. The highest BCUT2D eigenvalue weighted by molar-refractivity contribution is 7.99. The normalized spacial score (nSPS) is 12.6. The summed E-state index contributed by atoms with van der Waals surface area (Å²) in [5.41, 5.74) is 4.95. The molecule has 0 bridgehead atoms. The lowest BCUT2D eigenvalue weighted by molar-refractivity contribution is 0.533. The highest BCUT2D eigenvalue weighted by Gasteiger charge is 2.19. The van der Waals surface area contributed by atoms with Gasteiger partial charge in [-0.3, -0.25) is 0 Å². The average molecular weight is 351 g/mol. The number of nitrogens with zero attached hydrogens (tertiary/aromatic N) is 5. The predicted molar refractivity (Wildman–Crippen MR) is 96.9 cm³/mol. The summed E-state index contributed by atoms with van der Waals surface area (Å²) in [5.74, 6) is 0.668. The van der Waals surface area contributed by atoms with Gasteiger partial charge in [-0.15, -0.1) is 5.10 Å². The standard InChI is InChI=1S/C18H17N5OS/c1-11-8-12(2)10-14(9-11)23-18(20-21-22-23)25-13(3)17-19-15-6-4-5-7-16(15)24-17/h4-10,13H,1-3H3. The van der Waals surface area contributed by atoms with Crippen LogP contribution in [-0.4, -0.2) is 25.2 Å². The van der Waals surface area contributed by atoms with Crippen molar-refractivity contribution >= 4 is 22.9 Å². The van der Waals surface area contributed by atoms with Gasteiger partial charge in [-0.05, 0) is 66.6 Å². The van der Waals surface area contributed by atoms with Gasteiger partial charge in [-0.1, -0.05) is 30.0 Å². The van der Waals surface area contributed by atoms with Crippen LogP contribution in [0.3, 0.4) is 0 Å². The van der Waals surface area contributed by atoms with Crippen LogP contribution >= 0.6 is 11.8 Å². The number of aryl methyl sites for hydroxylation is 2. The zero-order chi connectivity index (χ0) is 17.4. The first kappa shape index (κ1) is 15.8. The summed E-state index contributed by atoms with van der Waals surface area (Å²) >= 11 is 1.52. The van der Waals surface area contributed by atoms with Crippen molar-refractivity contribution in [3.8, 4) is 5.69 Å². The number of tetrazole rings is 1. The summed E-state index contributed by atoms with van der Waals surface area (Å²) in [5, 5.41) is 12.8. The van der Waals surface area contributed by atoms with Crippen LogP contribution in [0, 0.1) is 13.8 Å². The maximum Gasteiger partial charge on any atom is 0.214 e. The molecular weight excluding hydrogens is 334 g/mol. The van der Waals surface area contributed by atoms with Crippen molar-refractivity contribution in [3.05, 3.63) is 59.5 Å². The minimum atomic E-state index is -0.0111. The van der Waals surface area contributed by atoms with Crippen molar-refractivity contribution in [1.29, 1.82) is 0 Å². The van der Waals surface area contributed by atoms with E-state index in [0.29, 0.717) is 11.0 Å². The van der Waals surface area contributed by atoms with Crippen molar-refractivity contribution in [3.63, 3.8) is 0 Å². The number of hydrogen-bond acceptors (Lipinski definition) is 6. The molecule has 126 valence electrons. The third kappa shape index (κ3) is 3.15. The van der Waals surface area contributed by atoms with E-state index in [-0.39, 0.29) is 5.25 Å². The van der Waals surface area contributed by atoms with E-state index in [1.165, 1.54) is 22.9 Å². The first-order valence-electron chi connectivity index (χ1n) is 7.99. The second-order valence-electron chi connectivity index (χ2n) is 6.00. The van der Waals surface area contributed by atoms with Crippen LogP contribution in [0.2, 0.25) is 0 Å². The summed E-state index contributed by atoms with van der Waals surface area (Å²) in [6.45, 7) is 6.17. The van der Waals surface area contributed by atoms with Gasteiger partial charge >= 0.3 is 0 Å². The zero-order valence-corrected chi connectivity index (χ0v) is 15.0. The molecule has 0 spiro atoms. The molecule has 1 atom stereocenters. The Bertz CT molecular complexity index is 986. The molecule has 4 aromatic rings. The smallest absolute Gasteiger partial charge is 0.214 e. The van der Waals surface area contributed by atoms with Gasteiger partial charge in [0.2, 0.25) is 11.0 Å². The van der Waals surface area contributed by atoms with Gasteiger partial charge in [-0.2, -0.15) is 4.68 Å². The molecule has 0 saturated carbocycles. The van der Waals surface area contributed by atoms with Crippen LogP contribution in [0.25, 0.3) is 16.8 Å². The van der Waals surface area contributed by atoms with Crippen molar-refractivity contribution in [2.45, 2.75) is 31.2 Å². The third-order valence-electron chi connectivity index (χ3n) is 3.83. The highest BCUT2D eigenvalue weighted by atomic mass is 32.2. The largest absolute Gasteiger partial charge is 0.439 e. The highest BCUT2D eigenvalue weighted by Crippen LogP contribution is 2.35. The van der Waals surface area contributed by atoms with Crippen molar-refractivity contribution in [2.24, 2.45) is 0 Å². The van der Waals surface area contributed by atoms with E-state index in [4.69, 9.17) is 4.42 Å². The molecule has 0 saturated heterocycles. The zero-order valence-electron chi connectivity index (χ0n) is 14.2. The van der Waals surface area contributed by atoms with Crippen LogP contribution in [0.15, 0.2) is 52.0 Å². The Morgan fingerprint density at radius 3 is 2.60 bits per heavy atom. The maximum atomic E-state index is 5.85. The van der Waals surface area contributed by atoms with E-state index >= 15 is 0 Å². The van der Waals surface area contributed by atoms with Gasteiger partial charge in [0.15, 0.2) is 5.58 Å². The lowest BCUT2D eigenvalue weighted by Gasteiger charge is -2.09. The first-order valence-corrected chi connectivity index (χ1v) is 8.87. The van der Waals surface area contributed by atoms with Crippen LogP contribution in [0.1, 0.15) is 29.2 Å².